The fourth-order valence-corrected chi connectivity index (χ4v) is 3.09. The zero-order chi connectivity index (χ0) is 9.97. The summed E-state index contributed by atoms with van der Waals surface area (Å²) in [5, 5.41) is 10.1. The van der Waals surface area contributed by atoms with Gasteiger partial charge in [0.25, 0.3) is 0 Å². The Morgan fingerprint density at radius 3 is 2.71 bits per heavy atom. The zero-order valence-electron chi connectivity index (χ0n) is 8.02. The smallest absolute Gasteiger partial charge is 0.129 e. The van der Waals surface area contributed by atoms with Crippen molar-refractivity contribution in [2.24, 2.45) is 5.73 Å². The van der Waals surface area contributed by atoms with Crippen molar-refractivity contribution in [2.45, 2.75) is 35.4 Å². The van der Waals surface area contributed by atoms with E-state index in [0.717, 1.165) is 11.3 Å². The molecular weight excluding hydrogens is 194 g/mol. The minimum Gasteiger partial charge on any atom is -0.507 e. The summed E-state index contributed by atoms with van der Waals surface area (Å²) in [6.45, 7) is 0. The number of phenolic OH excluding ortho intramolecular Hbond substituents is 1. The van der Waals surface area contributed by atoms with Gasteiger partial charge in [0.1, 0.15) is 5.75 Å². The van der Waals surface area contributed by atoms with Crippen LogP contribution in [0.15, 0.2) is 29.2 Å². The van der Waals surface area contributed by atoms with Crippen molar-refractivity contribution >= 4 is 11.8 Å². The molecular formula is C11H15NOS. The second-order valence-corrected chi connectivity index (χ2v) is 5.00. The molecule has 1 aliphatic rings. The van der Waals surface area contributed by atoms with Crippen molar-refractivity contribution in [3.63, 3.8) is 0 Å². The van der Waals surface area contributed by atoms with E-state index in [9.17, 15) is 5.11 Å². The van der Waals surface area contributed by atoms with Crippen molar-refractivity contribution in [1.82, 2.24) is 0 Å². The van der Waals surface area contributed by atoms with Gasteiger partial charge in [0.05, 0.1) is 0 Å². The summed E-state index contributed by atoms with van der Waals surface area (Å²) in [5.74, 6) is 0.372. The van der Waals surface area contributed by atoms with E-state index < -0.39 is 0 Å². The lowest BCUT2D eigenvalue weighted by Crippen LogP contribution is -2.26. The van der Waals surface area contributed by atoms with Crippen LogP contribution in [0, 0.1) is 0 Å². The van der Waals surface area contributed by atoms with Gasteiger partial charge in [-0.1, -0.05) is 18.6 Å². The van der Waals surface area contributed by atoms with Gasteiger partial charge in [-0.25, -0.2) is 0 Å². The molecule has 3 heteroatoms. The maximum atomic E-state index is 9.60. The highest BCUT2D eigenvalue weighted by Gasteiger charge is 2.25. The average Bonchev–Trinajstić information content (AvgIpc) is 2.56. The predicted molar refractivity (Wildman–Crippen MR) is 59.6 cm³/mol. The topological polar surface area (TPSA) is 46.2 Å². The molecule has 1 aromatic carbocycles. The maximum absolute atomic E-state index is 9.60. The molecule has 3 N–H and O–H groups in total. The SMILES string of the molecule is NC1CCCC1Sc1ccccc1O. The number of aromatic hydroxyl groups is 1. The first-order chi connectivity index (χ1) is 6.77. The first-order valence-corrected chi connectivity index (χ1v) is 5.85. The molecule has 1 aliphatic carbocycles. The fraction of sp³-hybridized carbons (Fsp3) is 0.455. The number of benzene rings is 1. The number of para-hydroxylation sites is 1. The third-order valence-corrected chi connectivity index (χ3v) is 4.13. The Hall–Kier alpha value is -0.670. The van der Waals surface area contributed by atoms with Gasteiger partial charge in [0, 0.05) is 16.2 Å². The van der Waals surface area contributed by atoms with E-state index in [2.05, 4.69) is 0 Å². The number of nitrogens with two attached hydrogens (primary N) is 1. The minimum absolute atomic E-state index is 0.291. The van der Waals surface area contributed by atoms with E-state index in [1.807, 2.05) is 18.2 Å². The van der Waals surface area contributed by atoms with E-state index in [1.54, 1.807) is 17.8 Å². The Balaban J connectivity index is 2.07. The molecule has 1 aromatic rings. The van der Waals surface area contributed by atoms with Crippen LogP contribution in [-0.4, -0.2) is 16.4 Å². The Labute approximate surface area is 88.5 Å². The van der Waals surface area contributed by atoms with Crippen molar-refractivity contribution in [2.75, 3.05) is 0 Å². The van der Waals surface area contributed by atoms with Crippen LogP contribution in [0.1, 0.15) is 19.3 Å². The lowest BCUT2D eigenvalue weighted by molar-refractivity contribution is 0.462. The number of thioether (sulfide) groups is 1. The summed E-state index contributed by atoms with van der Waals surface area (Å²) in [6.07, 6.45) is 3.50. The maximum Gasteiger partial charge on any atom is 0.129 e. The summed E-state index contributed by atoms with van der Waals surface area (Å²) in [5.41, 5.74) is 5.97. The van der Waals surface area contributed by atoms with Gasteiger partial charge in [-0.05, 0) is 25.0 Å². The van der Waals surface area contributed by atoms with Crippen LogP contribution < -0.4 is 5.73 Å². The highest BCUT2D eigenvalue weighted by Crippen LogP contribution is 2.37. The monoisotopic (exact) mass is 209 g/mol. The van der Waals surface area contributed by atoms with Gasteiger partial charge in [-0.3, -0.25) is 0 Å². The molecule has 0 amide bonds. The molecule has 0 bridgehead atoms. The molecule has 0 spiro atoms. The number of hydrogen-bond acceptors (Lipinski definition) is 3. The molecule has 76 valence electrons. The first kappa shape index (κ1) is 9.87. The summed E-state index contributed by atoms with van der Waals surface area (Å²) < 4.78 is 0. The fourth-order valence-electron chi connectivity index (χ4n) is 1.82. The molecule has 1 saturated carbocycles. The van der Waals surface area contributed by atoms with Crippen molar-refractivity contribution in [3.8, 4) is 5.75 Å². The summed E-state index contributed by atoms with van der Waals surface area (Å²) in [4.78, 5) is 0.954. The third-order valence-electron chi connectivity index (χ3n) is 2.65. The number of phenols is 1. The first-order valence-electron chi connectivity index (χ1n) is 4.97. The van der Waals surface area contributed by atoms with Crippen molar-refractivity contribution in [3.05, 3.63) is 24.3 Å². The van der Waals surface area contributed by atoms with E-state index in [1.165, 1.54) is 12.8 Å². The van der Waals surface area contributed by atoms with Gasteiger partial charge in [-0.2, -0.15) is 0 Å². The van der Waals surface area contributed by atoms with Gasteiger partial charge in [0.2, 0.25) is 0 Å². The van der Waals surface area contributed by atoms with Crippen LogP contribution in [0.25, 0.3) is 0 Å². The lowest BCUT2D eigenvalue weighted by Gasteiger charge is -2.15. The van der Waals surface area contributed by atoms with E-state index in [4.69, 9.17) is 5.73 Å². The second-order valence-electron chi connectivity index (χ2n) is 3.72. The van der Waals surface area contributed by atoms with Crippen LogP contribution in [0.3, 0.4) is 0 Å². The largest absolute Gasteiger partial charge is 0.507 e. The molecule has 0 aromatic heterocycles. The molecule has 0 heterocycles. The Bertz CT molecular complexity index is 316. The minimum atomic E-state index is 0.291. The standard InChI is InChI=1S/C11H15NOS/c12-8-4-3-7-10(8)14-11-6-2-1-5-9(11)13/h1-2,5-6,8,10,13H,3-4,7,12H2. The molecule has 2 nitrogen and oxygen atoms in total. The molecule has 1 fully saturated rings. The molecule has 2 atom stereocenters. The summed E-state index contributed by atoms with van der Waals surface area (Å²) in [6, 6.07) is 7.75. The van der Waals surface area contributed by atoms with Crippen LogP contribution in [0.2, 0.25) is 0 Å². The molecule has 2 unspecified atom stereocenters. The molecule has 14 heavy (non-hydrogen) atoms. The molecule has 0 aliphatic heterocycles. The lowest BCUT2D eigenvalue weighted by atomic mass is 10.3. The van der Waals surface area contributed by atoms with E-state index in [-0.39, 0.29) is 0 Å². The summed E-state index contributed by atoms with van der Waals surface area (Å²) in [7, 11) is 0. The average molecular weight is 209 g/mol. The van der Waals surface area contributed by atoms with Crippen molar-refractivity contribution < 1.29 is 5.11 Å². The quantitative estimate of drug-likeness (QED) is 0.786. The Morgan fingerprint density at radius 2 is 2.07 bits per heavy atom. The van der Waals surface area contributed by atoms with E-state index in [0.29, 0.717) is 17.0 Å². The highest BCUT2D eigenvalue weighted by atomic mass is 32.2. The van der Waals surface area contributed by atoms with Crippen LogP contribution in [0.5, 0.6) is 5.75 Å². The Kier molecular flexibility index (Phi) is 2.99. The zero-order valence-corrected chi connectivity index (χ0v) is 8.83. The second kappa shape index (κ2) is 4.24. The number of rotatable bonds is 2. The number of hydrogen-bond donors (Lipinski definition) is 2. The van der Waals surface area contributed by atoms with Gasteiger partial charge < -0.3 is 10.8 Å². The van der Waals surface area contributed by atoms with Crippen LogP contribution in [0.4, 0.5) is 0 Å². The van der Waals surface area contributed by atoms with Gasteiger partial charge >= 0.3 is 0 Å². The Morgan fingerprint density at radius 1 is 1.29 bits per heavy atom. The van der Waals surface area contributed by atoms with Crippen LogP contribution >= 0.6 is 11.8 Å². The molecule has 0 radical (unpaired) electrons. The highest BCUT2D eigenvalue weighted by molar-refractivity contribution is 8.00. The molecule has 2 rings (SSSR count). The molecule has 0 saturated heterocycles. The summed E-state index contributed by atoms with van der Waals surface area (Å²) >= 11 is 1.71. The van der Waals surface area contributed by atoms with Crippen LogP contribution in [-0.2, 0) is 0 Å². The normalized spacial score (nSPS) is 26.6. The van der Waals surface area contributed by atoms with E-state index >= 15 is 0 Å². The van der Waals surface area contributed by atoms with Gasteiger partial charge in [0.15, 0.2) is 0 Å². The van der Waals surface area contributed by atoms with Gasteiger partial charge in [-0.15, -0.1) is 11.8 Å². The third kappa shape index (κ3) is 2.04. The van der Waals surface area contributed by atoms with Crippen molar-refractivity contribution in [1.29, 1.82) is 0 Å². The predicted octanol–water partition coefficient (Wildman–Crippen LogP) is 2.36.